The molecule has 0 spiro atoms. The summed E-state index contributed by atoms with van der Waals surface area (Å²) in [4.78, 5) is 0. The SMILES string of the molecule is C1=CC2C(=C1)C(Cc1ccc(CCCCC3CCCCC3)cc1)=CC=C2c1ccc2c(c1)CCC2.CCC1CCC(Cc2ccc(CC3=CC=C(c4ccc5c(c4)CCC5)C4C=CC=C34)cc2)CC1.Cc1cccc(C2=CC=C(Cc3ccc(C4CCC(C(C)C)CC4)cc3)C3=CC=CC32)c1. The normalized spacial score (nSPS) is 23.8. The average molecular weight is 1330 g/mol. The maximum Gasteiger partial charge on any atom is 0.0281 e. The van der Waals surface area contributed by atoms with Crippen LogP contribution in [0.3, 0.4) is 0 Å². The molecule has 6 aromatic carbocycles. The van der Waals surface area contributed by atoms with Gasteiger partial charge >= 0.3 is 0 Å². The summed E-state index contributed by atoms with van der Waals surface area (Å²) in [6.07, 6.45) is 72.6. The van der Waals surface area contributed by atoms with Crippen molar-refractivity contribution in [1.29, 1.82) is 0 Å². The smallest absolute Gasteiger partial charge is 0.0281 e. The highest BCUT2D eigenvalue weighted by molar-refractivity contribution is 5.81. The first-order valence-corrected chi connectivity index (χ1v) is 40.6. The van der Waals surface area contributed by atoms with E-state index in [-0.39, 0.29) is 0 Å². The summed E-state index contributed by atoms with van der Waals surface area (Å²) < 4.78 is 0. The van der Waals surface area contributed by atoms with Crippen LogP contribution < -0.4 is 0 Å². The second kappa shape index (κ2) is 32.7. The Hall–Kier alpha value is -7.80. The third-order valence-electron chi connectivity index (χ3n) is 26.0. The molecule has 0 radical (unpaired) electrons. The van der Waals surface area contributed by atoms with E-state index >= 15 is 0 Å². The summed E-state index contributed by atoms with van der Waals surface area (Å²) >= 11 is 0. The summed E-state index contributed by atoms with van der Waals surface area (Å²) in [5, 5.41) is 0. The van der Waals surface area contributed by atoms with Gasteiger partial charge in [-0.1, -0.05) is 315 Å². The summed E-state index contributed by atoms with van der Waals surface area (Å²) in [5.74, 6) is 6.67. The molecule has 0 aliphatic heterocycles. The molecule has 101 heavy (non-hydrogen) atoms. The lowest BCUT2D eigenvalue weighted by molar-refractivity contribution is 0.259. The molecule has 0 heterocycles. The van der Waals surface area contributed by atoms with Gasteiger partial charge in [0, 0.05) is 17.8 Å². The van der Waals surface area contributed by atoms with Crippen LogP contribution in [-0.4, -0.2) is 0 Å². The minimum atomic E-state index is 0.396. The van der Waals surface area contributed by atoms with Crippen molar-refractivity contribution in [2.45, 2.75) is 213 Å². The van der Waals surface area contributed by atoms with E-state index in [1.165, 1.54) is 261 Å². The number of rotatable bonds is 19. The maximum atomic E-state index is 2.46. The molecule has 0 nitrogen and oxygen atoms in total. The average Bonchev–Trinajstić information content (AvgIpc) is 1.71. The van der Waals surface area contributed by atoms with Crippen molar-refractivity contribution in [3.8, 4) is 0 Å². The van der Waals surface area contributed by atoms with Gasteiger partial charge in [-0.25, -0.2) is 0 Å². The zero-order valence-electron chi connectivity index (χ0n) is 61.9. The van der Waals surface area contributed by atoms with Crippen LogP contribution >= 0.6 is 0 Å². The Morgan fingerprint density at radius 3 is 1.33 bits per heavy atom. The number of hydrogen-bond acceptors (Lipinski definition) is 0. The van der Waals surface area contributed by atoms with Crippen LogP contribution in [-0.2, 0) is 57.8 Å². The Kier molecular flexibility index (Phi) is 22.3. The van der Waals surface area contributed by atoms with Crippen molar-refractivity contribution < 1.29 is 0 Å². The van der Waals surface area contributed by atoms with E-state index in [0.717, 1.165) is 54.8 Å². The van der Waals surface area contributed by atoms with E-state index in [9.17, 15) is 0 Å². The Balaban J connectivity index is 0.000000123. The lowest BCUT2D eigenvalue weighted by Gasteiger charge is -2.31. The third-order valence-corrected chi connectivity index (χ3v) is 26.0. The molecule has 11 aliphatic rings. The van der Waals surface area contributed by atoms with Crippen molar-refractivity contribution in [2.75, 3.05) is 0 Å². The lowest BCUT2D eigenvalue weighted by Crippen LogP contribution is -2.17. The lowest BCUT2D eigenvalue weighted by atomic mass is 9.74. The van der Waals surface area contributed by atoms with E-state index in [0.29, 0.717) is 17.8 Å². The minimum Gasteiger partial charge on any atom is -0.0726 e. The van der Waals surface area contributed by atoms with Crippen LogP contribution in [0.4, 0.5) is 0 Å². The van der Waals surface area contributed by atoms with E-state index in [1.807, 2.05) is 0 Å². The zero-order valence-corrected chi connectivity index (χ0v) is 61.9. The molecule has 0 aromatic heterocycles. The quantitative estimate of drug-likeness (QED) is 0.0709. The molecule has 3 fully saturated rings. The van der Waals surface area contributed by atoms with Gasteiger partial charge in [-0.05, 0) is 280 Å². The van der Waals surface area contributed by atoms with Crippen molar-refractivity contribution in [3.05, 3.63) is 336 Å². The van der Waals surface area contributed by atoms with E-state index < -0.39 is 0 Å². The molecule has 3 unspecified atom stereocenters. The highest BCUT2D eigenvalue weighted by atomic mass is 14.4. The second-order valence-corrected chi connectivity index (χ2v) is 32.9. The third kappa shape index (κ3) is 16.7. The predicted molar refractivity (Wildman–Crippen MR) is 432 cm³/mol. The summed E-state index contributed by atoms with van der Waals surface area (Å²) in [5.41, 5.74) is 33.9. The molecule has 518 valence electrons. The fourth-order valence-electron chi connectivity index (χ4n) is 19.7. The molecule has 0 bridgehead atoms. The molecule has 17 rings (SSSR count). The number of benzene rings is 6. The minimum absolute atomic E-state index is 0.396. The molecule has 0 heteroatoms. The fraction of sp³-hybridized carbons (Fsp3) is 0.406. The molecule has 3 atom stereocenters. The predicted octanol–water partition coefficient (Wildman–Crippen LogP) is 26.4. The molecular formula is C101H114. The second-order valence-electron chi connectivity index (χ2n) is 32.9. The van der Waals surface area contributed by atoms with Gasteiger partial charge in [0.1, 0.15) is 0 Å². The standard InChI is InChI=1S/C35H40.C34H38.C32H36/c1-2-8-26(9-3-1)10-4-5-11-27-16-18-28(19-17-27)24-31-22-23-34(35-15-7-14-33(31)35)32-21-20-29-12-6-13-30(29)25-32;1-2-24-9-11-25(12-10-24)21-26-13-15-27(16-14-26)22-30-19-20-33(34-8-4-7-32(30)34)31-18-17-28-5-3-6-29(28)23-31;1-22(2)25-14-16-27(17-15-25)26-12-10-24(11-13-26)21-29-18-19-31(32-9-5-8-30(29)32)28-7-4-6-23(3)20-28/h7,14-23,25-26,35H,1-6,8-13,24H2;4,7-8,13-20,23-25,34H,2-3,5-6,9-12,21-22H2,1H3;4-13,18-20,22,25,27,32H,14-17,21H2,1-3H3. The van der Waals surface area contributed by atoms with Crippen molar-refractivity contribution in [2.24, 2.45) is 47.3 Å². The fourth-order valence-corrected chi connectivity index (χ4v) is 19.7. The van der Waals surface area contributed by atoms with Gasteiger partial charge in [-0.15, -0.1) is 0 Å². The number of allylic oxidation sites excluding steroid dienone is 24. The summed E-state index contributed by atoms with van der Waals surface area (Å²) in [6, 6.07) is 51.9. The Morgan fingerprint density at radius 2 is 0.832 bits per heavy atom. The van der Waals surface area contributed by atoms with Crippen LogP contribution in [0.25, 0.3) is 16.7 Å². The first-order valence-electron chi connectivity index (χ1n) is 40.6. The first kappa shape index (κ1) is 68.9. The van der Waals surface area contributed by atoms with Gasteiger partial charge in [0.25, 0.3) is 0 Å². The molecule has 6 aromatic rings. The molecule has 0 N–H and O–H groups in total. The monoisotopic (exact) mass is 1330 g/mol. The number of aryl methyl sites for hydroxylation is 6. The molecule has 0 amide bonds. The molecule has 11 aliphatic carbocycles. The highest BCUT2D eigenvalue weighted by Gasteiger charge is 2.31. The number of fused-ring (bicyclic) bond motifs is 5. The van der Waals surface area contributed by atoms with Crippen molar-refractivity contribution in [1.82, 2.24) is 0 Å². The van der Waals surface area contributed by atoms with E-state index in [2.05, 4.69) is 252 Å². The first-order chi connectivity index (χ1) is 49.7. The van der Waals surface area contributed by atoms with E-state index in [1.54, 1.807) is 27.8 Å². The number of hydrogen-bond donors (Lipinski definition) is 0. The Bertz CT molecular complexity index is 4280. The summed E-state index contributed by atoms with van der Waals surface area (Å²) in [7, 11) is 0. The van der Waals surface area contributed by atoms with Crippen molar-refractivity contribution in [3.63, 3.8) is 0 Å². The van der Waals surface area contributed by atoms with Crippen LogP contribution in [0, 0.1) is 54.3 Å². The van der Waals surface area contributed by atoms with Gasteiger partial charge in [0.2, 0.25) is 0 Å². The van der Waals surface area contributed by atoms with Crippen LogP contribution in [0.5, 0.6) is 0 Å². The van der Waals surface area contributed by atoms with Crippen LogP contribution in [0.2, 0.25) is 0 Å². The maximum absolute atomic E-state index is 2.46. The molecule has 3 saturated carbocycles. The largest absolute Gasteiger partial charge is 0.0726 e. The zero-order chi connectivity index (χ0) is 68.4. The van der Waals surface area contributed by atoms with Crippen LogP contribution in [0.1, 0.15) is 227 Å². The van der Waals surface area contributed by atoms with Gasteiger partial charge in [-0.3, -0.25) is 0 Å². The number of unbranched alkanes of at least 4 members (excludes halogenated alkanes) is 1. The molecule has 0 saturated heterocycles. The van der Waals surface area contributed by atoms with Gasteiger partial charge in [0.05, 0.1) is 0 Å². The van der Waals surface area contributed by atoms with Gasteiger partial charge in [0.15, 0.2) is 0 Å². The van der Waals surface area contributed by atoms with Gasteiger partial charge in [-0.2, -0.15) is 0 Å². The van der Waals surface area contributed by atoms with Crippen molar-refractivity contribution >= 4 is 16.7 Å². The van der Waals surface area contributed by atoms with E-state index in [4.69, 9.17) is 0 Å². The van der Waals surface area contributed by atoms with Crippen LogP contribution in [0.15, 0.2) is 258 Å². The Labute approximate surface area is 609 Å². The summed E-state index contributed by atoms with van der Waals surface area (Å²) in [6.45, 7) is 9.31. The molecular weight excluding hydrogens is 1210 g/mol. The van der Waals surface area contributed by atoms with Gasteiger partial charge < -0.3 is 0 Å². The highest BCUT2D eigenvalue weighted by Crippen LogP contribution is 2.47. The topological polar surface area (TPSA) is 0 Å². The Morgan fingerprint density at radius 1 is 0.366 bits per heavy atom.